The summed E-state index contributed by atoms with van der Waals surface area (Å²) >= 11 is 0. The van der Waals surface area contributed by atoms with Crippen LogP contribution in [0, 0.1) is 0 Å². The first-order valence-corrected chi connectivity index (χ1v) is 9.47. The van der Waals surface area contributed by atoms with E-state index in [1.54, 1.807) is 0 Å². The molecule has 33 heavy (non-hydrogen) atoms. The Morgan fingerprint density at radius 1 is 1.03 bits per heavy atom. The molecule has 3 atom stereocenters. The molecule has 1 aromatic rings. The molecular weight excluding hydrogens is 444 g/mol. The summed E-state index contributed by atoms with van der Waals surface area (Å²) in [6, 6.07) is -0.0675. The molecule has 1 heterocycles. The van der Waals surface area contributed by atoms with E-state index in [-0.39, 0.29) is 17.5 Å². The van der Waals surface area contributed by atoms with E-state index < -0.39 is 54.4 Å². The van der Waals surface area contributed by atoms with Gasteiger partial charge in [-0.15, -0.1) is 0 Å². The highest BCUT2D eigenvalue weighted by molar-refractivity contribution is 5.77. The van der Waals surface area contributed by atoms with Crippen molar-refractivity contribution in [3.05, 3.63) is 10.4 Å². The third-order valence-corrected chi connectivity index (χ3v) is 3.85. The Labute approximate surface area is 188 Å². The van der Waals surface area contributed by atoms with Crippen LogP contribution in [0.25, 0.3) is 0 Å². The Kier molecular flexibility index (Phi) is 9.98. The highest BCUT2D eigenvalue weighted by Gasteiger charge is 2.37. The lowest BCUT2D eigenvalue weighted by molar-refractivity contribution is -0.183. The van der Waals surface area contributed by atoms with Crippen LogP contribution in [0.2, 0.25) is 0 Å². The van der Waals surface area contributed by atoms with Crippen molar-refractivity contribution >= 4 is 41.6 Å². The molecule has 0 aliphatic heterocycles. The van der Waals surface area contributed by atoms with Crippen molar-refractivity contribution in [2.75, 3.05) is 19.5 Å². The van der Waals surface area contributed by atoms with E-state index in [9.17, 15) is 24.0 Å². The number of rotatable bonds is 10. The van der Waals surface area contributed by atoms with Gasteiger partial charge in [0.1, 0.15) is 6.61 Å². The van der Waals surface area contributed by atoms with Gasteiger partial charge in [-0.2, -0.15) is 4.98 Å². The maximum absolute atomic E-state index is 12.5. The molecule has 0 spiro atoms. The molecule has 0 saturated heterocycles. The lowest BCUT2D eigenvalue weighted by Crippen LogP contribution is -2.48. The van der Waals surface area contributed by atoms with Crippen molar-refractivity contribution in [1.82, 2.24) is 9.55 Å². The fourth-order valence-corrected chi connectivity index (χ4v) is 2.57. The Bertz CT molecular complexity index is 988. The monoisotopic (exact) mass is 470 g/mol. The van der Waals surface area contributed by atoms with Crippen LogP contribution >= 0.6 is 0 Å². The van der Waals surface area contributed by atoms with E-state index >= 15 is 0 Å². The normalized spacial score (nSPS) is 13.5. The van der Waals surface area contributed by atoms with E-state index in [2.05, 4.69) is 9.98 Å². The maximum Gasteiger partial charge on any atom is 0.303 e. The van der Waals surface area contributed by atoms with Crippen molar-refractivity contribution in [3.63, 3.8) is 0 Å². The van der Waals surface area contributed by atoms with Crippen LogP contribution in [0.4, 0.5) is 11.5 Å². The number of aromatic nitrogens is 2. The molecule has 14 nitrogen and oxygen atoms in total. The SMILES string of the molecule is COc1nc(N)c(N=C[C@H](OC(C)=O)[C@@H](OC(C)=O)[C@@H](COC(C)=O)OC(C)=O)c(=O)n1C. The molecule has 0 radical (unpaired) electrons. The molecular formula is C19H26N4O10. The second-order valence-electron chi connectivity index (χ2n) is 6.57. The topological polar surface area (TPSA) is 188 Å². The zero-order valence-electron chi connectivity index (χ0n) is 19.0. The first-order chi connectivity index (χ1) is 15.4. The molecule has 0 aromatic carbocycles. The summed E-state index contributed by atoms with van der Waals surface area (Å²) < 4.78 is 26.3. The van der Waals surface area contributed by atoms with Crippen molar-refractivity contribution in [2.45, 2.75) is 46.0 Å². The number of aliphatic imine (C=N–C) groups is 1. The van der Waals surface area contributed by atoms with Crippen LogP contribution in [0.1, 0.15) is 27.7 Å². The second kappa shape index (κ2) is 12.2. The van der Waals surface area contributed by atoms with Gasteiger partial charge in [-0.05, 0) is 0 Å². The number of carbonyl (C=O) groups excluding carboxylic acids is 4. The maximum atomic E-state index is 12.5. The summed E-state index contributed by atoms with van der Waals surface area (Å²) in [6.07, 6.45) is -3.38. The van der Waals surface area contributed by atoms with Crippen molar-refractivity contribution in [1.29, 1.82) is 0 Å². The molecule has 182 valence electrons. The van der Waals surface area contributed by atoms with E-state index in [0.717, 1.165) is 38.5 Å². The van der Waals surface area contributed by atoms with Gasteiger partial charge in [-0.3, -0.25) is 28.5 Å². The molecule has 0 saturated carbocycles. The van der Waals surface area contributed by atoms with E-state index in [0.29, 0.717) is 0 Å². The summed E-state index contributed by atoms with van der Waals surface area (Å²) in [5.41, 5.74) is 4.78. The Morgan fingerprint density at radius 2 is 1.61 bits per heavy atom. The fraction of sp³-hybridized carbons (Fsp3) is 0.526. The number of ether oxygens (including phenoxy) is 5. The number of hydrogen-bond acceptors (Lipinski definition) is 13. The number of methoxy groups -OCH3 is 1. The van der Waals surface area contributed by atoms with Gasteiger partial charge in [-0.25, -0.2) is 4.99 Å². The zero-order valence-corrected chi connectivity index (χ0v) is 19.0. The van der Waals surface area contributed by atoms with Crippen LogP contribution < -0.4 is 16.0 Å². The molecule has 1 rings (SSSR count). The first-order valence-electron chi connectivity index (χ1n) is 9.47. The quantitative estimate of drug-likeness (QED) is 0.261. The fourth-order valence-electron chi connectivity index (χ4n) is 2.57. The standard InChI is InChI=1S/C19H26N4O10/c1-9(24)30-8-14(32-11(3)26)16(33-12(4)27)13(31-10(2)25)7-21-15-17(20)22-19(29-6)23(5)18(15)28/h7,13-14,16H,8,20H2,1-6H3/t13-,14+,16+/m0/s1. The van der Waals surface area contributed by atoms with Crippen LogP contribution in [-0.4, -0.2) is 71.7 Å². The van der Waals surface area contributed by atoms with Gasteiger partial charge >= 0.3 is 29.9 Å². The molecule has 0 aliphatic rings. The predicted molar refractivity (Wildman–Crippen MR) is 112 cm³/mol. The molecule has 0 aliphatic carbocycles. The summed E-state index contributed by atoms with van der Waals surface area (Å²) in [4.78, 5) is 66.6. The largest absolute Gasteiger partial charge is 0.468 e. The Hall–Kier alpha value is -3.97. The van der Waals surface area contributed by atoms with Gasteiger partial charge < -0.3 is 29.4 Å². The van der Waals surface area contributed by atoms with Gasteiger partial charge in [0.2, 0.25) is 0 Å². The highest BCUT2D eigenvalue weighted by Crippen LogP contribution is 2.19. The molecule has 0 amide bonds. The van der Waals surface area contributed by atoms with E-state index in [4.69, 9.17) is 29.4 Å². The lowest BCUT2D eigenvalue weighted by Gasteiger charge is -2.29. The van der Waals surface area contributed by atoms with Gasteiger partial charge in [0, 0.05) is 41.0 Å². The number of anilines is 1. The lowest BCUT2D eigenvalue weighted by atomic mass is 10.1. The van der Waals surface area contributed by atoms with Gasteiger partial charge in [0.15, 0.2) is 29.8 Å². The van der Waals surface area contributed by atoms with Gasteiger partial charge in [-0.1, -0.05) is 0 Å². The highest BCUT2D eigenvalue weighted by atomic mass is 16.6. The van der Waals surface area contributed by atoms with E-state index in [1.807, 2.05) is 0 Å². The molecule has 0 unspecified atom stereocenters. The molecule has 2 N–H and O–H groups in total. The minimum atomic E-state index is -1.49. The number of nitrogen functional groups attached to an aromatic ring is 1. The second-order valence-corrected chi connectivity index (χ2v) is 6.57. The first kappa shape index (κ1) is 27.1. The third kappa shape index (κ3) is 8.23. The average Bonchev–Trinajstić information content (AvgIpc) is 2.70. The van der Waals surface area contributed by atoms with E-state index in [1.165, 1.54) is 14.2 Å². The Balaban J connectivity index is 3.50. The van der Waals surface area contributed by atoms with Crippen molar-refractivity contribution < 1.29 is 42.9 Å². The van der Waals surface area contributed by atoms with Crippen LogP contribution in [0.3, 0.4) is 0 Å². The average molecular weight is 470 g/mol. The van der Waals surface area contributed by atoms with Crippen LogP contribution in [-0.2, 0) is 45.2 Å². The number of carbonyl (C=O) groups is 4. The minimum Gasteiger partial charge on any atom is -0.468 e. The number of hydrogen-bond donors (Lipinski definition) is 1. The minimum absolute atomic E-state index is 0.0675. The van der Waals surface area contributed by atoms with Crippen molar-refractivity contribution in [2.24, 2.45) is 12.0 Å². The zero-order chi connectivity index (χ0) is 25.3. The number of nitrogens with two attached hydrogens (primary N) is 1. The van der Waals surface area contributed by atoms with Gasteiger partial charge in [0.05, 0.1) is 7.11 Å². The third-order valence-electron chi connectivity index (χ3n) is 3.85. The number of nitrogens with zero attached hydrogens (tertiary/aromatic N) is 3. The van der Waals surface area contributed by atoms with Crippen molar-refractivity contribution in [3.8, 4) is 6.01 Å². The van der Waals surface area contributed by atoms with Crippen LogP contribution in [0.5, 0.6) is 6.01 Å². The molecule has 0 bridgehead atoms. The summed E-state index contributed by atoms with van der Waals surface area (Å²) in [5, 5.41) is 0. The predicted octanol–water partition coefficient (Wildman–Crippen LogP) is -0.568. The summed E-state index contributed by atoms with van der Waals surface area (Å²) in [7, 11) is 2.66. The molecule has 1 aromatic heterocycles. The molecule has 0 fully saturated rings. The number of esters is 4. The van der Waals surface area contributed by atoms with Crippen LogP contribution in [0.15, 0.2) is 9.79 Å². The molecule has 14 heteroatoms. The van der Waals surface area contributed by atoms with Gasteiger partial charge in [0.25, 0.3) is 5.56 Å². The Morgan fingerprint density at radius 3 is 2.09 bits per heavy atom. The summed E-state index contributed by atoms with van der Waals surface area (Å²) in [6.45, 7) is 3.81. The smallest absolute Gasteiger partial charge is 0.303 e. The summed E-state index contributed by atoms with van der Waals surface area (Å²) in [5.74, 6) is -3.42.